The maximum atomic E-state index is 13.4. The Bertz CT molecular complexity index is 1150. The predicted molar refractivity (Wildman–Crippen MR) is 135 cm³/mol. The molecular formula is C23H26ClN5OS2. The Morgan fingerprint density at radius 1 is 1.03 bits per heavy atom. The first-order valence-electron chi connectivity index (χ1n) is 10.9. The van der Waals surface area contributed by atoms with Gasteiger partial charge in [0.2, 0.25) is 0 Å². The van der Waals surface area contributed by atoms with Gasteiger partial charge in [-0.1, -0.05) is 29.4 Å². The van der Waals surface area contributed by atoms with E-state index in [9.17, 15) is 4.79 Å². The Balaban J connectivity index is 1.36. The molecule has 0 saturated carbocycles. The fraction of sp³-hybridized carbons (Fsp3) is 0.435. The Hall–Kier alpha value is -2.03. The molecule has 168 valence electrons. The van der Waals surface area contributed by atoms with E-state index in [2.05, 4.69) is 16.7 Å². The highest BCUT2D eigenvalue weighted by atomic mass is 35.5. The van der Waals surface area contributed by atoms with Crippen LogP contribution in [-0.2, 0) is 0 Å². The number of hydrogen-bond donors (Lipinski definition) is 0. The van der Waals surface area contributed by atoms with E-state index >= 15 is 0 Å². The van der Waals surface area contributed by atoms with Crippen LogP contribution in [0.3, 0.4) is 0 Å². The lowest BCUT2D eigenvalue weighted by molar-refractivity contribution is 0.0751. The summed E-state index contributed by atoms with van der Waals surface area (Å²) in [6.45, 7) is 7.12. The molecule has 2 aliphatic rings. The Morgan fingerprint density at radius 2 is 1.78 bits per heavy atom. The van der Waals surface area contributed by atoms with E-state index in [1.165, 1.54) is 29.7 Å². The molecule has 0 unspecified atom stereocenters. The summed E-state index contributed by atoms with van der Waals surface area (Å²) in [5.74, 6) is 1.07. The van der Waals surface area contributed by atoms with Crippen LogP contribution in [0.4, 0.5) is 11.5 Å². The number of rotatable bonds is 4. The minimum Gasteiger partial charge on any atom is -0.368 e. The fourth-order valence-corrected chi connectivity index (χ4v) is 6.06. The number of amides is 1. The quantitative estimate of drug-likeness (QED) is 0.384. The molecule has 0 atom stereocenters. The van der Waals surface area contributed by atoms with Crippen molar-refractivity contribution in [2.45, 2.75) is 24.9 Å². The Labute approximate surface area is 201 Å². The summed E-state index contributed by atoms with van der Waals surface area (Å²) < 4.78 is 0. The van der Waals surface area contributed by atoms with Crippen LogP contribution in [0.15, 0.2) is 29.4 Å². The molecule has 1 amide bonds. The Kier molecular flexibility index (Phi) is 6.18. The number of aromatic nitrogens is 2. The van der Waals surface area contributed by atoms with Crippen molar-refractivity contribution in [1.82, 2.24) is 14.9 Å². The molecular weight excluding hydrogens is 462 g/mol. The van der Waals surface area contributed by atoms with Gasteiger partial charge in [0.15, 0.2) is 5.16 Å². The number of thiophene rings is 1. The number of thioether (sulfide) groups is 1. The fourth-order valence-electron chi connectivity index (χ4n) is 4.48. The van der Waals surface area contributed by atoms with Gasteiger partial charge < -0.3 is 14.7 Å². The van der Waals surface area contributed by atoms with E-state index in [1.54, 1.807) is 11.8 Å². The average molecular weight is 488 g/mol. The minimum absolute atomic E-state index is 0.0912. The Morgan fingerprint density at radius 3 is 2.50 bits per heavy atom. The zero-order valence-electron chi connectivity index (χ0n) is 18.3. The maximum absolute atomic E-state index is 13.4. The average Bonchev–Trinajstić information content (AvgIpc) is 3.50. The molecule has 2 fully saturated rings. The van der Waals surface area contributed by atoms with E-state index in [1.807, 2.05) is 35.4 Å². The van der Waals surface area contributed by atoms with Crippen molar-refractivity contribution in [3.05, 3.63) is 39.7 Å². The highest BCUT2D eigenvalue weighted by molar-refractivity contribution is 7.98. The van der Waals surface area contributed by atoms with Gasteiger partial charge in [-0.05, 0) is 49.8 Å². The van der Waals surface area contributed by atoms with Gasteiger partial charge in [-0.15, -0.1) is 11.3 Å². The molecule has 6 nitrogen and oxygen atoms in total. The molecule has 2 aromatic heterocycles. The molecule has 0 spiro atoms. The van der Waals surface area contributed by atoms with Crippen molar-refractivity contribution in [2.75, 3.05) is 55.3 Å². The van der Waals surface area contributed by atoms with E-state index in [4.69, 9.17) is 21.6 Å². The number of carbonyl (C=O) groups excluding carboxylic acids is 1. The van der Waals surface area contributed by atoms with Gasteiger partial charge in [0, 0.05) is 50.0 Å². The number of benzene rings is 1. The molecule has 32 heavy (non-hydrogen) atoms. The number of carbonyl (C=O) groups is 1. The predicted octanol–water partition coefficient (Wildman–Crippen LogP) is 4.94. The van der Waals surface area contributed by atoms with Gasteiger partial charge in [-0.3, -0.25) is 4.79 Å². The second-order valence-corrected chi connectivity index (χ2v) is 10.5. The van der Waals surface area contributed by atoms with Crippen molar-refractivity contribution in [3.63, 3.8) is 0 Å². The maximum Gasteiger partial charge on any atom is 0.264 e. The summed E-state index contributed by atoms with van der Waals surface area (Å²) in [6, 6.07) is 7.99. The zero-order valence-corrected chi connectivity index (χ0v) is 20.7. The van der Waals surface area contributed by atoms with E-state index < -0.39 is 0 Å². The number of aryl methyl sites for hydroxylation is 1. The second kappa shape index (κ2) is 9.08. The second-order valence-electron chi connectivity index (χ2n) is 8.27. The van der Waals surface area contributed by atoms with E-state index in [0.29, 0.717) is 13.1 Å². The lowest BCUT2D eigenvalue weighted by Crippen LogP contribution is -2.48. The third-order valence-corrected chi connectivity index (χ3v) is 8.03. The first-order chi connectivity index (χ1) is 15.5. The zero-order chi connectivity index (χ0) is 22.2. The van der Waals surface area contributed by atoms with Crippen LogP contribution in [0.1, 0.15) is 28.1 Å². The number of fused-ring (bicyclic) bond motifs is 1. The number of halogens is 1. The molecule has 0 N–H and O–H groups in total. The molecule has 2 aliphatic heterocycles. The van der Waals surface area contributed by atoms with Crippen LogP contribution >= 0.6 is 34.7 Å². The third kappa shape index (κ3) is 4.16. The molecule has 2 saturated heterocycles. The summed E-state index contributed by atoms with van der Waals surface area (Å²) >= 11 is 9.25. The summed E-state index contributed by atoms with van der Waals surface area (Å²) in [5.41, 5.74) is 2.36. The molecule has 3 aromatic rings. The molecule has 5 rings (SSSR count). The number of anilines is 2. The van der Waals surface area contributed by atoms with E-state index in [-0.39, 0.29) is 5.91 Å². The van der Waals surface area contributed by atoms with Gasteiger partial charge in [0.25, 0.3) is 5.91 Å². The first-order valence-corrected chi connectivity index (χ1v) is 13.4. The number of hydrogen-bond acceptors (Lipinski definition) is 7. The normalized spacial score (nSPS) is 16.9. The van der Waals surface area contributed by atoms with E-state index in [0.717, 1.165) is 63.0 Å². The first kappa shape index (κ1) is 21.8. The van der Waals surface area contributed by atoms with Crippen LogP contribution in [0.2, 0.25) is 5.02 Å². The molecule has 0 radical (unpaired) electrons. The number of piperazine rings is 1. The van der Waals surface area contributed by atoms with Crippen LogP contribution in [0, 0.1) is 6.92 Å². The smallest absolute Gasteiger partial charge is 0.264 e. The van der Waals surface area contributed by atoms with Crippen LogP contribution in [-0.4, -0.2) is 66.3 Å². The molecule has 9 heteroatoms. The molecule has 1 aromatic carbocycles. The minimum atomic E-state index is 0.0912. The lowest BCUT2D eigenvalue weighted by atomic mass is 10.1. The standard InChI is InChI=1S/C23H26ClN5OS2/c1-15-5-6-16(24)13-18(15)27-9-11-29(12-10-27)22(30)19-14-17-20(28-7-3-4-8-28)25-23(31-2)26-21(17)32-19/h5-6,13-14H,3-4,7-12H2,1-2H3. The lowest BCUT2D eigenvalue weighted by Gasteiger charge is -2.36. The van der Waals surface area contributed by atoms with Crippen molar-refractivity contribution in [2.24, 2.45) is 0 Å². The van der Waals surface area contributed by atoms with Crippen molar-refractivity contribution in [1.29, 1.82) is 0 Å². The molecule has 4 heterocycles. The van der Waals surface area contributed by atoms with Crippen molar-refractivity contribution in [3.8, 4) is 0 Å². The highest BCUT2D eigenvalue weighted by Gasteiger charge is 2.26. The summed E-state index contributed by atoms with van der Waals surface area (Å²) in [5, 5.41) is 2.52. The van der Waals surface area contributed by atoms with Gasteiger partial charge in [-0.25, -0.2) is 9.97 Å². The summed E-state index contributed by atoms with van der Waals surface area (Å²) in [4.78, 5) is 31.1. The summed E-state index contributed by atoms with van der Waals surface area (Å²) in [6.07, 6.45) is 4.37. The van der Waals surface area contributed by atoms with Gasteiger partial charge in [0.05, 0.1) is 10.3 Å². The van der Waals surface area contributed by atoms with Crippen LogP contribution in [0.25, 0.3) is 10.2 Å². The monoisotopic (exact) mass is 487 g/mol. The SMILES string of the molecule is CSc1nc(N2CCCC2)c2cc(C(=O)N3CCN(c4cc(Cl)ccc4C)CC3)sc2n1. The highest BCUT2D eigenvalue weighted by Crippen LogP contribution is 2.35. The third-order valence-electron chi connectivity index (χ3n) is 6.23. The van der Waals surface area contributed by atoms with Crippen molar-refractivity contribution >= 4 is 62.3 Å². The van der Waals surface area contributed by atoms with Crippen LogP contribution < -0.4 is 9.80 Å². The van der Waals surface area contributed by atoms with Crippen molar-refractivity contribution < 1.29 is 4.79 Å². The van der Waals surface area contributed by atoms with Gasteiger partial charge in [0.1, 0.15) is 10.6 Å². The molecule has 0 aliphatic carbocycles. The van der Waals surface area contributed by atoms with Crippen LogP contribution in [0.5, 0.6) is 0 Å². The summed E-state index contributed by atoms with van der Waals surface area (Å²) in [7, 11) is 0. The van der Waals surface area contributed by atoms with Gasteiger partial charge >= 0.3 is 0 Å². The largest absolute Gasteiger partial charge is 0.368 e. The number of nitrogens with zero attached hydrogens (tertiary/aromatic N) is 5. The van der Waals surface area contributed by atoms with Gasteiger partial charge in [-0.2, -0.15) is 0 Å². The molecule has 0 bridgehead atoms. The topological polar surface area (TPSA) is 52.6 Å².